The Morgan fingerprint density at radius 3 is 3.12 bits per heavy atom. The molecule has 5 nitrogen and oxygen atoms in total. The summed E-state index contributed by atoms with van der Waals surface area (Å²) in [6, 6.07) is 3.82. The molecule has 0 aliphatic heterocycles. The van der Waals surface area contributed by atoms with E-state index in [1.165, 1.54) is 0 Å². The van der Waals surface area contributed by atoms with Crippen molar-refractivity contribution in [3.05, 3.63) is 37.1 Å². The first-order chi connectivity index (χ1) is 8.38. The van der Waals surface area contributed by atoms with Gasteiger partial charge in [-0.1, -0.05) is 0 Å². The second kappa shape index (κ2) is 5.89. The first-order valence-electron chi connectivity index (χ1n) is 5.58. The van der Waals surface area contributed by atoms with Crippen molar-refractivity contribution in [3.8, 4) is 5.88 Å². The van der Waals surface area contributed by atoms with Crippen molar-refractivity contribution in [1.82, 2.24) is 14.5 Å². The van der Waals surface area contributed by atoms with Gasteiger partial charge in [-0.05, 0) is 12.5 Å². The molecule has 90 valence electrons. The third-order valence-electron chi connectivity index (χ3n) is 2.43. The lowest BCUT2D eigenvalue weighted by atomic mass is 10.3. The Morgan fingerprint density at radius 2 is 2.35 bits per heavy atom. The first-order valence-corrected chi connectivity index (χ1v) is 5.58. The lowest BCUT2D eigenvalue weighted by Crippen LogP contribution is -2.05. The van der Waals surface area contributed by atoms with Gasteiger partial charge in [-0.3, -0.25) is 0 Å². The van der Waals surface area contributed by atoms with Gasteiger partial charge in [0.1, 0.15) is 0 Å². The number of aryl methyl sites for hydroxylation is 1. The number of aromatic nitrogens is 3. The van der Waals surface area contributed by atoms with Crippen LogP contribution in [0.5, 0.6) is 5.88 Å². The van der Waals surface area contributed by atoms with Gasteiger partial charge in [-0.2, -0.15) is 0 Å². The quantitative estimate of drug-likeness (QED) is 0.771. The van der Waals surface area contributed by atoms with E-state index in [-0.39, 0.29) is 0 Å². The van der Waals surface area contributed by atoms with Crippen molar-refractivity contribution >= 4 is 5.69 Å². The van der Waals surface area contributed by atoms with Crippen LogP contribution in [0.15, 0.2) is 37.1 Å². The fourth-order valence-corrected chi connectivity index (χ4v) is 1.54. The summed E-state index contributed by atoms with van der Waals surface area (Å²) < 4.78 is 7.12. The highest BCUT2D eigenvalue weighted by Gasteiger charge is 1.96. The van der Waals surface area contributed by atoms with E-state index in [0.717, 1.165) is 25.2 Å². The van der Waals surface area contributed by atoms with Crippen LogP contribution < -0.4 is 10.1 Å². The largest absolute Gasteiger partial charge is 0.481 e. The molecular formula is C12H16N4O. The zero-order valence-corrected chi connectivity index (χ0v) is 9.84. The van der Waals surface area contributed by atoms with Crippen molar-refractivity contribution in [2.75, 3.05) is 19.0 Å². The number of anilines is 1. The Labute approximate surface area is 100 Å². The van der Waals surface area contributed by atoms with Gasteiger partial charge in [0.05, 0.1) is 13.4 Å². The molecule has 0 fully saturated rings. The summed E-state index contributed by atoms with van der Waals surface area (Å²) >= 11 is 0. The van der Waals surface area contributed by atoms with E-state index >= 15 is 0 Å². The molecule has 0 aliphatic rings. The molecule has 2 heterocycles. The van der Waals surface area contributed by atoms with Crippen LogP contribution in [0, 0.1) is 0 Å². The molecule has 0 saturated carbocycles. The lowest BCUT2D eigenvalue weighted by Gasteiger charge is -2.07. The fraction of sp³-hybridized carbons (Fsp3) is 0.333. The van der Waals surface area contributed by atoms with Gasteiger partial charge in [-0.25, -0.2) is 9.97 Å². The molecule has 2 aromatic heterocycles. The number of hydrogen-bond acceptors (Lipinski definition) is 4. The molecule has 17 heavy (non-hydrogen) atoms. The minimum absolute atomic E-state index is 0.629. The molecule has 2 rings (SSSR count). The van der Waals surface area contributed by atoms with Crippen LogP contribution in [0.3, 0.4) is 0 Å². The highest BCUT2D eigenvalue weighted by Crippen LogP contribution is 2.13. The summed E-state index contributed by atoms with van der Waals surface area (Å²) in [6.45, 7) is 1.88. The lowest BCUT2D eigenvalue weighted by molar-refractivity contribution is 0.398. The van der Waals surface area contributed by atoms with Gasteiger partial charge >= 0.3 is 0 Å². The van der Waals surface area contributed by atoms with Crippen molar-refractivity contribution in [3.63, 3.8) is 0 Å². The Hall–Kier alpha value is -2.04. The van der Waals surface area contributed by atoms with E-state index in [2.05, 4.69) is 19.9 Å². The van der Waals surface area contributed by atoms with Crippen LogP contribution in [0.2, 0.25) is 0 Å². The van der Waals surface area contributed by atoms with E-state index < -0.39 is 0 Å². The first kappa shape index (κ1) is 11.4. The second-order valence-electron chi connectivity index (χ2n) is 3.67. The van der Waals surface area contributed by atoms with Crippen LogP contribution in [-0.4, -0.2) is 28.2 Å². The Morgan fingerprint density at radius 1 is 1.41 bits per heavy atom. The number of nitrogens with zero attached hydrogens (tertiary/aromatic N) is 3. The highest BCUT2D eigenvalue weighted by atomic mass is 16.5. The number of hydrogen-bond donors (Lipinski definition) is 1. The van der Waals surface area contributed by atoms with Crippen LogP contribution in [0.1, 0.15) is 6.42 Å². The smallest absolute Gasteiger partial charge is 0.214 e. The minimum atomic E-state index is 0.629. The third-order valence-corrected chi connectivity index (χ3v) is 2.43. The number of nitrogens with one attached hydrogen (secondary N) is 1. The summed E-state index contributed by atoms with van der Waals surface area (Å²) in [4.78, 5) is 8.05. The molecular weight excluding hydrogens is 216 g/mol. The van der Waals surface area contributed by atoms with Gasteiger partial charge in [0.15, 0.2) is 0 Å². The van der Waals surface area contributed by atoms with Gasteiger partial charge < -0.3 is 14.6 Å². The molecule has 1 N–H and O–H groups in total. The van der Waals surface area contributed by atoms with E-state index in [1.54, 1.807) is 19.5 Å². The highest BCUT2D eigenvalue weighted by molar-refractivity contribution is 5.44. The number of rotatable bonds is 6. The monoisotopic (exact) mass is 232 g/mol. The predicted molar refractivity (Wildman–Crippen MR) is 66.1 cm³/mol. The molecule has 0 radical (unpaired) electrons. The standard InChI is InChI=1S/C12H16N4O/c1-17-12-9-11(3-5-15-12)14-4-2-7-16-8-6-13-10-16/h3,5-6,8-10H,2,4,7H2,1H3,(H,14,15). The molecule has 0 bridgehead atoms. The van der Waals surface area contributed by atoms with Crippen molar-refractivity contribution in [2.45, 2.75) is 13.0 Å². The van der Waals surface area contributed by atoms with Crippen LogP contribution in [0.4, 0.5) is 5.69 Å². The van der Waals surface area contributed by atoms with Crippen LogP contribution >= 0.6 is 0 Å². The molecule has 0 aromatic carbocycles. The topological polar surface area (TPSA) is 52.0 Å². The van der Waals surface area contributed by atoms with Crippen molar-refractivity contribution < 1.29 is 4.74 Å². The normalized spacial score (nSPS) is 10.2. The van der Waals surface area contributed by atoms with E-state index in [0.29, 0.717) is 5.88 Å². The zero-order chi connectivity index (χ0) is 11.9. The predicted octanol–water partition coefficient (Wildman–Crippen LogP) is 1.79. The average Bonchev–Trinajstić information content (AvgIpc) is 2.88. The Kier molecular flexibility index (Phi) is 3.96. The number of ether oxygens (including phenoxy) is 1. The Balaban J connectivity index is 1.74. The molecule has 2 aromatic rings. The SMILES string of the molecule is COc1cc(NCCCn2ccnc2)ccn1. The van der Waals surface area contributed by atoms with E-state index in [4.69, 9.17) is 4.74 Å². The van der Waals surface area contributed by atoms with Crippen molar-refractivity contribution in [2.24, 2.45) is 0 Å². The van der Waals surface area contributed by atoms with Gasteiger partial charge in [0, 0.05) is 43.4 Å². The zero-order valence-electron chi connectivity index (χ0n) is 9.84. The molecule has 5 heteroatoms. The van der Waals surface area contributed by atoms with E-state index in [9.17, 15) is 0 Å². The van der Waals surface area contributed by atoms with Gasteiger partial charge in [0.2, 0.25) is 5.88 Å². The molecule has 0 amide bonds. The molecule has 0 saturated heterocycles. The summed E-state index contributed by atoms with van der Waals surface area (Å²) in [5, 5.41) is 3.33. The van der Waals surface area contributed by atoms with Crippen LogP contribution in [0.25, 0.3) is 0 Å². The maximum atomic E-state index is 5.06. The van der Waals surface area contributed by atoms with Crippen LogP contribution in [-0.2, 0) is 6.54 Å². The van der Waals surface area contributed by atoms with Gasteiger partial charge in [-0.15, -0.1) is 0 Å². The molecule has 0 aliphatic carbocycles. The maximum absolute atomic E-state index is 5.06. The summed E-state index contributed by atoms with van der Waals surface area (Å²) in [7, 11) is 1.62. The Bertz CT molecular complexity index is 442. The number of methoxy groups -OCH3 is 1. The van der Waals surface area contributed by atoms with Gasteiger partial charge in [0.25, 0.3) is 0 Å². The van der Waals surface area contributed by atoms with Crippen molar-refractivity contribution in [1.29, 1.82) is 0 Å². The van der Waals surface area contributed by atoms with E-state index in [1.807, 2.05) is 24.7 Å². The molecule has 0 spiro atoms. The summed E-state index contributed by atoms with van der Waals surface area (Å²) in [6.07, 6.45) is 8.37. The maximum Gasteiger partial charge on any atom is 0.214 e. The number of imidazole rings is 1. The fourth-order valence-electron chi connectivity index (χ4n) is 1.54. The molecule has 0 unspecified atom stereocenters. The minimum Gasteiger partial charge on any atom is -0.481 e. The average molecular weight is 232 g/mol. The third kappa shape index (κ3) is 3.48. The summed E-state index contributed by atoms with van der Waals surface area (Å²) in [5.74, 6) is 0.629. The molecule has 0 atom stereocenters. The second-order valence-corrected chi connectivity index (χ2v) is 3.67. The number of pyridine rings is 1. The summed E-state index contributed by atoms with van der Waals surface area (Å²) in [5.41, 5.74) is 1.03.